The Bertz CT molecular complexity index is 1400. The van der Waals surface area contributed by atoms with Crippen molar-refractivity contribution in [3.05, 3.63) is 108 Å². The third-order valence-corrected chi connectivity index (χ3v) is 5.52. The van der Waals surface area contributed by atoms with Crippen LogP contribution in [0.2, 0.25) is 0 Å². The van der Waals surface area contributed by atoms with Crippen LogP contribution in [-0.2, 0) is 13.2 Å². The summed E-state index contributed by atoms with van der Waals surface area (Å²) in [5.41, 5.74) is 4.25. The summed E-state index contributed by atoms with van der Waals surface area (Å²) in [5.74, 6) is 1.24. The Morgan fingerprint density at radius 2 is 1.74 bits per heavy atom. The molecule has 0 aliphatic carbocycles. The van der Waals surface area contributed by atoms with Crippen LogP contribution in [0.15, 0.2) is 91.4 Å². The van der Waals surface area contributed by atoms with Gasteiger partial charge in [0.05, 0.1) is 12.6 Å². The lowest BCUT2D eigenvalue weighted by atomic mass is 10.2. The molecule has 7 heteroatoms. The summed E-state index contributed by atoms with van der Waals surface area (Å²) >= 11 is 0. The summed E-state index contributed by atoms with van der Waals surface area (Å²) < 4.78 is 27.6. The van der Waals surface area contributed by atoms with Crippen LogP contribution in [0.5, 0.6) is 11.5 Å². The Hall–Kier alpha value is -4.39. The van der Waals surface area contributed by atoms with E-state index in [1.54, 1.807) is 13.2 Å². The number of anilines is 1. The van der Waals surface area contributed by atoms with Gasteiger partial charge in [0, 0.05) is 24.5 Å². The highest BCUT2D eigenvalue weighted by atomic mass is 19.1. The summed E-state index contributed by atoms with van der Waals surface area (Å²) in [6.45, 7) is 0.874. The highest BCUT2D eigenvalue weighted by Crippen LogP contribution is 2.28. The second-order valence-electron chi connectivity index (χ2n) is 7.73. The van der Waals surface area contributed by atoms with Gasteiger partial charge in [-0.2, -0.15) is 0 Å². The smallest absolute Gasteiger partial charge is 0.167 e. The van der Waals surface area contributed by atoms with Crippen LogP contribution in [0.1, 0.15) is 11.1 Å². The zero-order valence-electron chi connectivity index (χ0n) is 18.6. The predicted molar refractivity (Wildman–Crippen MR) is 130 cm³/mol. The minimum Gasteiger partial charge on any atom is -0.497 e. The summed E-state index contributed by atoms with van der Waals surface area (Å²) in [6.07, 6.45) is 3.38. The SMILES string of the molecule is COc1ccc(CNc2ncnc3ccn(-c4ccc(OCc5ccccc5)c(F)c4)c23)cc1. The van der Waals surface area contributed by atoms with Crippen molar-refractivity contribution < 1.29 is 13.9 Å². The first kappa shape index (κ1) is 21.5. The number of nitrogens with zero attached hydrogens (tertiary/aromatic N) is 3. The van der Waals surface area contributed by atoms with Crippen LogP contribution in [0, 0.1) is 5.82 Å². The fourth-order valence-electron chi connectivity index (χ4n) is 3.74. The first-order valence-electron chi connectivity index (χ1n) is 10.9. The van der Waals surface area contributed by atoms with Gasteiger partial charge in [0.1, 0.15) is 24.2 Å². The molecule has 0 spiro atoms. The molecule has 5 aromatic rings. The molecule has 5 rings (SSSR count). The lowest BCUT2D eigenvalue weighted by Crippen LogP contribution is -2.05. The average Bonchev–Trinajstić information content (AvgIpc) is 3.32. The maximum atomic E-state index is 14.9. The van der Waals surface area contributed by atoms with Gasteiger partial charge in [-0.3, -0.25) is 0 Å². The molecule has 0 saturated carbocycles. The summed E-state index contributed by atoms with van der Waals surface area (Å²) in [7, 11) is 1.64. The van der Waals surface area contributed by atoms with E-state index >= 15 is 0 Å². The van der Waals surface area contributed by atoms with Crippen LogP contribution < -0.4 is 14.8 Å². The number of aromatic nitrogens is 3. The number of halogens is 1. The quantitative estimate of drug-likeness (QED) is 0.323. The average molecular weight is 455 g/mol. The lowest BCUT2D eigenvalue weighted by Gasteiger charge is -2.13. The molecule has 0 aliphatic rings. The van der Waals surface area contributed by atoms with Crippen LogP contribution in [0.3, 0.4) is 0 Å². The fraction of sp³-hybridized carbons (Fsp3) is 0.111. The molecule has 0 radical (unpaired) electrons. The van der Waals surface area contributed by atoms with E-state index in [1.165, 1.54) is 12.4 Å². The molecule has 170 valence electrons. The standard InChI is InChI=1S/C27H23FN4O2/c1-33-22-10-7-19(8-11-22)16-29-27-26-24(30-18-31-27)13-14-32(26)21-9-12-25(23(28)15-21)34-17-20-5-3-2-4-6-20/h2-15,18H,16-17H2,1H3,(H,29,30,31). The number of rotatable bonds is 8. The van der Waals surface area contributed by atoms with Gasteiger partial charge in [0.2, 0.25) is 0 Å². The number of methoxy groups -OCH3 is 1. The van der Waals surface area contributed by atoms with Crippen molar-refractivity contribution in [2.45, 2.75) is 13.2 Å². The van der Waals surface area contributed by atoms with Gasteiger partial charge in [-0.25, -0.2) is 14.4 Å². The molecule has 2 heterocycles. The van der Waals surface area contributed by atoms with Gasteiger partial charge in [-0.1, -0.05) is 42.5 Å². The summed E-state index contributed by atoms with van der Waals surface area (Å²) in [5, 5.41) is 3.37. The van der Waals surface area contributed by atoms with E-state index in [1.807, 2.05) is 77.5 Å². The summed E-state index contributed by atoms with van der Waals surface area (Å²) in [4.78, 5) is 8.79. The molecule has 0 unspecified atom stereocenters. The number of fused-ring (bicyclic) bond motifs is 1. The molecule has 0 fully saturated rings. The van der Waals surface area contributed by atoms with Gasteiger partial charge in [-0.15, -0.1) is 0 Å². The maximum absolute atomic E-state index is 14.9. The zero-order chi connectivity index (χ0) is 23.3. The van der Waals surface area contributed by atoms with Gasteiger partial charge < -0.3 is 19.4 Å². The Balaban J connectivity index is 1.38. The first-order chi connectivity index (χ1) is 16.7. The molecule has 0 atom stereocenters. The number of benzene rings is 3. The lowest BCUT2D eigenvalue weighted by molar-refractivity contribution is 0.290. The second kappa shape index (κ2) is 9.62. The third kappa shape index (κ3) is 4.54. The van der Waals surface area contributed by atoms with Crippen molar-refractivity contribution in [1.29, 1.82) is 0 Å². The Kier molecular flexibility index (Phi) is 6.07. The molecule has 1 N–H and O–H groups in total. The minimum absolute atomic E-state index is 0.207. The van der Waals surface area contributed by atoms with E-state index < -0.39 is 5.82 Å². The Morgan fingerprint density at radius 1 is 0.912 bits per heavy atom. The molecule has 3 aromatic carbocycles. The van der Waals surface area contributed by atoms with Crippen LogP contribution in [0.25, 0.3) is 16.7 Å². The van der Waals surface area contributed by atoms with Crippen LogP contribution in [-0.4, -0.2) is 21.6 Å². The van der Waals surface area contributed by atoms with Crippen molar-refractivity contribution in [3.63, 3.8) is 0 Å². The van der Waals surface area contributed by atoms with Gasteiger partial charge in [0.15, 0.2) is 17.4 Å². The van der Waals surface area contributed by atoms with Crippen LogP contribution >= 0.6 is 0 Å². The molecule has 0 bridgehead atoms. The highest BCUT2D eigenvalue weighted by Gasteiger charge is 2.13. The fourth-order valence-corrected chi connectivity index (χ4v) is 3.74. The molecule has 0 aliphatic heterocycles. The van der Waals surface area contributed by atoms with Crippen molar-refractivity contribution in [1.82, 2.24) is 14.5 Å². The van der Waals surface area contributed by atoms with Gasteiger partial charge in [0.25, 0.3) is 0 Å². The van der Waals surface area contributed by atoms with E-state index in [9.17, 15) is 4.39 Å². The number of hydrogen-bond donors (Lipinski definition) is 1. The van der Waals surface area contributed by atoms with E-state index in [2.05, 4.69) is 15.3 Å². The van der Waals surface area contributed by atoms with Crippen molar-refractivity contribution in [2.75, 3.05) is 12.4 Å². The predicted octanol–water partition coefficient (Wildman–Crippen LogP) is 5.76. The maximum Gasteiger partial charge on any atom is 0.167 e. The van der Waals surface area contributed by atoms with Crippen molar-refractivity contribution in [3.8, 4) is 17.2 Å². The molecule has 2 aromatic heterocycles. The Morgan fingerprint density at radius 3 is 2.50 bits per heavy atom. The topological polar surface area (TPSA) is 61.2 Å². The largest absolute Gasteiger partial charge is 0.497 e. The number of nitrogens with one attached hydrogen (secondary N) is 1. The normalized spacial score (nSPS) is 10.9. The molecule has 6 nitrogen and oxygen atoms in total. The third-order valence-electron chi connectivity index (χ3n) is 5.52. The first-order valence-corrected chi connectivity index (χ1v) is 10.9. The van der Waals surface area contributed by atoms with Crippen molar-refractivity contribution in [2.24, 2.45) is 0 Å². The summed E-state index contributed by atoms with van der Waals surface area (Å²) in [6, 6.07) is 24.3. The van der Waals surface area contributed by atoms with E-state index in [0.29, 0.717) is 24.7 Å². The minimum atomic E-state index is -0.431. The van der Waals surface area contributed by atoms with Gasteiger partial charge >= 0.3 is 0 Å². The van der Waals surface area contributed by atoms with Crippen LogP contribution in [0.4, 0.5) is 10.2 Å². The molecule has 0 saturated heterocycles. The van der Waals surface area contributed by atoms with E-state index in [-0.39, 0.29) is 5.75 Å². The molecule has 0 amide bonds. The highest BCUT2D eigenvalue weighted by molar-refractivity contribution is 5.87. The zero-order valence-corrected chi connectivity index (χ0v) is 18.6. The van der Waals surface area contributed by atoms with Gasteiger partial charge in [-0.05, 0) is 41.5 Å². The number of hydrogen-bond acceptors (Lipinski definition) is 5. The second-order valence-corrected chi connectivity index (χ2v) is 7.73. The molecular formula is C27H23FN4O2. The molecular weight excluding hydrogens is 431 g/mol. The molecule has 34 heavy (non-hydrogen) atoms. The Labute approximate surface area is 196 Å². The number of ether oxygens (including phenoxy) is 2. The van der Waals surface area contributed by atoms with E-state index in [0.717, 1.165) is 27.9 Å². The monoisotopic (exact) mass is 454 g/mol. The van der Waals surface area contributed by atoms with Crippen molar-refractivity contribution >= 4 is 16.9 Å². The van der Waals surface area contributed by atoms with E-state index in [4.69, 9.17) is 9.47 Å².